The largest absolute Gasteiger partial charge is 0.376 e. The lowest BCUT2D eigenvalue weighted by molar-refractivity contribution is 0.114. The topological polar surface area (TPSA) is 58.5 Å². The third kappa shape index (κ3) is 4.38. The highest BCUT2D eigenvalue weighted by atomic mass is 32.1. The summed E-state index contributed by atoms with van der Waals surface area (Å²) in [5, 5.41) is 7.63. The number of ether oxygens (including phenoxy) is 1. The molecular weight excluding hydrogens is 248 g/mol. The van der Waals surface area contributed by atoms with E-state index in [9.17, 15) is 0 Å². The molecule has 2 rings (SSSR count). The Morgan fingerprint density at radius 2 is 2.39 bits per heavy atom. The molecule has 1 atom stereocenters. The highest BCUT2D eigenvalue weighted by molar-refractivity contribution is 7.80. The molecule has 2 heterocycles. The molecule has 1 aromatic rings. The van der Waals surface area contributed by atoms with Gasteiger partial charge in [-0.05, 0) is 42.8 Å². The van der Waals surface area contributed by atoms with Crippen molar-refractivity contribution in [1.82, 2.24) is 15.7 Å². The van der Waals surface area contributed by atoms with Gasteiger partial charge in [0.05, 0.1) is 12.3 Å². The van der Waals surface area contributed by atoms with Crippen molar-refractivity contribution in [3.05, 3.63) is 30.1 Å². The molecule has 96 valence electrons. The molecule has 5 nitrogen and oxygen atoms in total. The fourth-order valence-electron chi connectivity index (χ4n) is 1.67. The molecule has 0 radical (unpaired) electrons. The van der Waals surface area contributed by atoms with E-state index >= 15 is 0 Å². The molecule has 2 N–H and O–H groups in total. The summed E-state index contributed by atoms with van der Waals surface area (Å²) < 4.78 is 5.48. The maximum Gasteiger partial charge on any atom is 0.187 e. The summed E-state index contributed by atoms with van der Waals surface area (Å²) in [6.07, 6.45) is 7.63. The lowest BCUT2D eigenvalue weighted by atomic mass is 10.2. The van der Waals surface area contributed by atoms with Gasteiger partial charge in [0.1, 0.15) is 0 Å². The van der Waals surface area contributed by atoms with E-state index in [4.69, 9.17) is 17.0 Å². The summed E-state index contributed by atoms with van der Waals surface area (Å²) in [6.45, 7) is 1.59. The molecule has 0 bridgehead atoms. The van der Waals surface area contributed by atoms with Gasteiger partial charge in [-0.2, -0.15) is 5.10 Å². The summed E-state index contributed by atoms with van der Waals surface area (Å²) in [5.41, 5.74) is 3.74. The first-order chi connectivity index (χ1) is 8.84. The summed E-state index contributed by atoms with van der Waals surface area (Å²) in [6, 6.07) is 3.74. The Morgan fingerprint density at radius 3 is 3.11 bits per heavy atom. The molecule has 1 saturated heterocycles. The molecule has 1 aliphatic rings. The van der Waals surface area contributed by atoms with Crippen molar-refractivity contribution in [2.45, 2.75) is 18.9 Å². The van der Waals surface area contributed by atoms with Gasteiger partial charge < -0.3 is 10.1 Å². The highest BCUT2D eigenvalue weighted by Crippen LogP contribution is 2.10. The molecule has 0 spiro atoms. The van der Waals surface area contributed by atoms with E-state index < -0.39 is 0 Å². The summed E-state index contributed by atoms with van der Waals surface area (Å²) in [7, 11) is 0. The van der Waals surface area contributed by atoms with Crippen LogP contribution in [0.15, 0.2) is 29.6 Å². The smallest absolute Gasteiger partial charge is 0.187 e. The second-order valence-electron chi connectivity index (χ2n) is 4.00. The lowest BCUT2D eigenvalue weighted by Crippen LogP contribution is -2.37. The quantitative estimate of drug-likeness (QED) is 0.484. The van der Waals surface area contributed by atoms with Crippen molar-refractivity contribution in [3.8, 4) is 0 Å². The Balaban J connectivity index is 1.66. The average molecular weight is 264 g/mol. The standard InChI is InChI=1S/C12H16N4OS/c18-12(14-9-11-2-1-7-17-11)16-15-8-10-3-5-13-6-4-10/h3-6,8,11H,1-2,7,9H2,(H2,14,16,18)/b15-8-/t11-/m1/s1. The molecular formula is C12H16N4OS. The summed E-state index contributed by atoms with van der Waals surface area (Å²) in [5.74, 6) is 0. The van der Waals surface area contributed by atoms with Crippen molar-refractivity contribution in [2.24, 2.45) is 5.10 Å². The zero-order valence-corrected chi connectivity index (χ0v) is 10.8. The Morgan fingerprint density at radius 1 is 1.56 bits per heavy atom. The van der Waals surface area contributed by atoms with Gasteiger partial charge in [0, 0.05) is 25.5 Å². The van der Waals surface area contributed by atoms with E-state index in [1.54, 1.807) is 18.6 Å². The van der Waals surface area contributed by atoms with E-state index in [1.165, 1.54) is 0 Å². The number of nitrogens with zero attached hydrogens (tertiary/aromatic N) is 2. The Labute approximate surface area is 112 Å². The molecule has 18 heavy (non-hydrogen) atoms. The van der Waals surface area contributed by atoms with Crippen molar-refractivity contribution >= 4 is 23.5 Å². The number of hydrogen-bond acceptors (Lipinski definition) is 4. The molecule has 1 aromatic heterocycles. The molecule has 0 unspecified atom stereocenters. The van der Waals surface area contributed by atoms with Crippen LogP contribution in [0, 0.1) is 0 Å². The zero-order valence-electron chi connectivity index (χ0n) is 10.0. The monoisotopic (exact) mass is 264 g/mol. The lowest BCUT2D eigenvalue weighted by Gasteiger charge is -2.11. The molecule has 1 aliphatic heterocycles. The van der Waals surface area contributed by atoms with Crippen molar-refractivity contribution in [2.75, 3.05) is 13.2 Å². The van der Waals surface area contributed by atoms with Crippen LogP contribution in [-0.2, 0) is 4.74 Å². The van der Waals surface area contributed by atoms with Crippen molar-refractivity contribution in [3.63, 3.8) is 0 Å². The Bertz CT molecular complexity index is 404. The van der Waals surface area contributed by atoms with E-state index in [0.717, 1.165) is 31.6 Å². The molecule has 0 amide bonds. The van der Waals surface area contributed by atoms with Crippen LogP contribution in [0.1, 0.15) is 18.4 Å². The predicted octanol–water partition coefficient (Wildman–Crippen LogP) is 1.06. The zero-order chi connectivity index (χ0) is 12.6. The van der Waals surface area contributed by atoms with Gasteiger partial charge in [-0.25, -0.2) is 0 Å². The summed E-state index contributed by atoms with van der Waals surface area (Å²) >= 11 is 5.10. The van der Waals surface area contributed by atoms with Crippen LogP contribution in [0.2, 0.25) is 0 Å². The number of hydrazone groups is 1. The number of pyridine rings is 1. The van der Waals surface area contributed by atoms with E-state index in [0.29, 0.717) is 5.11 Å². The van der Waals surface area contributed by atoms with Gasteiger partial charge in [0.15, 0.2) is 5.11 Å². The SMILES string of the molecule is S=C(NC[C@H]1CCCO1)N/N=C\c1ccncc1. The highest BCUT2D eigenvalue weighted by Gasteiger charge is 2.14. The van der Waals surface area contributed by atoms with Crippen LogP contribution in [0.3, 0.4) is 0 Å². The third-order valence-corrected chi connectivity index (χ3v) is 2.84. The fraction of sp³-hybridized carbons (Fsp3) is 0.417. The number of nitrogens with one attached hydrogen (secondary N) is 2. The minimum Gasteiger partial charge on any atom is -0.376 e. The van der Waals surface area contributed by atoms with Crippen molar-refractivity contribution < 1.29 is 4.74 Å². The minimum absolute atomic E-state index is 0.272. The molecule has 1 fully saturated rings. The second-order valence-corrected chi connectivity index (χ2v) is 4.40. The predicted molar refractivity (Wildman–Crippen MR) is 74.5 cm³/mol. The van der Waals surface area contributed by atoms with Crippen molar-refractivity contribution in [1.29, 1.82) is 0 Å². The Hall–Kier alpha value is -1.53. The maximum absolute atomic E-state index is 5.48. The third-order valence-electron chi connectivity index (χ3n) is 2.60. The van der Waals surface area contributed by atoms with Crippen LogP contribution < -0.4 is 10.7 Å². The van der Waals surface area contributed by atoms with Gasteiger partial charge in [-0.1, -0.05) is 0 Å². The van der Waals surface area contributed by atoms with Gasteiger partial charge in [0.2, 0.25) is 0 Å². The normalized spacial score (nSPS) is 19.0. The van der Waals surface area contributed by atoms with E-state index in [2.05, 4.69) is 20.8 Å². The number of rotatable bonds is 4. The molecule has 6 heteroatoms. The first-order valence-electron chi connectivity index (χ1n) is 5.93. The van der Waals surface area contributed by atoms with E-state index in [-0.39, 0.29) is 6.10 Å². The number of thiocarbonyl (C=S) groups is 1. The van der Waals surface area contributed by atoms with Gasteiger partial charge in [-0.15, -0.1) is 0 Å². The van der Waals surface area contributed by atoms with E-state index in [1.807, 2.05) is 12.1 Å². The minimum atomic E-state index is 0.272. The first-order valence-corrected chi connectivity index (χ1v) is 6.34. The van der Waals surface area contributed by atoms with Crippen LogP contribution in [0.5, 0.6) is 0 Å². The molecule has 0 saturated carbocycles. The fourth-order valence-corrected chi connectivity index (χ4v) is 1.80. The van der Waals surface area contributed by atoms with Crippen LogP contribution in [0.25, 0.3) is 0 Å². The van der Waals surface area contributed by atoms with Gasteiger partial charge >= 0.3 is 0 Å². The number of aromatic nitrogens is 1. The van der Waals surface area contributed by atoms with Gasteiger partial charge in [-0.3, -0.25) is 10.4 Å². The second kappa shape index (κ2) is 7.03. The summed E-state index contributed by atoms with van der Waals surface area (Å²) in [4.78, 5) is 3.93. The first kappa shape index (κ1) is 12.9. The van der Waals surface area contributed by atoms with Crippen LogP contribution in [0.4, 0.5) is 0 Å². The maximum atomic E-state index is 5.48. The van der Waals surface area contributed by atoms with Crippen LogP contribution in [-0.4, -0.2) is 35.6 Å². The molecule has 0 aliphatic carbocycles. The number of hydrogen-bond donors (Lipinski definition) is 2. The molecule has 0 aromatic carbocycles. The van der Waals surface area contributed by atoms with Crippen LogP contribution >= 0.6 is 12.2 Å². The average Bonchev–Trinajstić information content (AvgIpc) is 2.91. The van der Waals surface area contributed by atoms with Gasteiger partial charge in [0.25, 0.3) is 0 Å². The Kier molecular flexibility index (Phi) is 5.04.